The Morgan fingerprint density at radius 3 is 2.75 bits per heavy atom. The second-order valence-electron chi connectivity index (χ2n) is 7.29. The molecule has 28 heavy (non-hydrogen) atoms. The van der Waals surface area contributed by atoms with Crippen molar-refractivity contribution in [1.29, 1.82) is 0 Å². The van der Waals surface area contributed by atoms with Gasteiger partial charge in [-0.05, 0) is 43.4 Å². The molecule has 1 aromatic carbocycles. The van der Waals surface area contributed by atoms with Crippen LogP contribution in [0.2, 0.25) is 0 Å². The molecule has 3 heterocycles. The third-order valence-corrected chi connectivity index (χ3v) is 5.67. The van der Waals surface area contributed by atoms with E-state index in [1.54, 1.807) is 24.4 Å². The average molecular weight is 377 g/mol. The molecule has 0 unspecified atom stereocenters. The first-order chi connectivity index (χ1) is 13.6. The first-order valence-corrected chi connectivity index (χ1v) is 9.41. The van der Waals surface area contributed by atoms with E-state index in [1.807, 2.05) is 6.92 Å². The molecule has 1 saturated carbocycles. The van der Waals surface area contributed by atoms with Gasteiger partial charge in [0.05, 0.1) is 17.6 Å². The van der Waals surface area contributed by atoms with Crippen LogP contribution in [0.25, 0.3) is 16.7 Å². The molecule has 0 amide bonds. The molecule has 1 aliphatic carbocycles. The fraction of sp³-hybridized carbons (Fsp3) is 0.300. The number of fused-ring (bicyclic) bond motifs is 1. The Labute approximate surface area is 161 Å². The second-order valence-corrected chi connectivity index (χ2v) is 7.29. The van der Waals surface area contributed by atoms with Crippen molar-refractivity contribution < 1.29 is 4.39 Å². The molecule has 1 atom stereocenters. The molecular weight excluding hydrogens is 357 g/mol. The lowest BCUT2D eigenvalue weighted by molar-refractivity contribution is 0.421. The molecule has 2 N–H and O–H groups in total. The molecule has 5 rings (SSSR count). The predicted molar refractivity (Wildman–Crippen MR) is 104 cm³/mol. The minimum atomic E-state index is -0.342. The maximum absolute atomic E-state index is 14.1. The number of para-hydroxylation sites is 1. The van der Waals surface area contributed by atoms with Crippen molar-refractivity contribution in [2.45, 2.75) is 38.1 Å². The van der Waals surface area contributed by atoms with E-state index < -0.39 is 0 Å². The van der Waals surface area contributed by atoms with Gasteiger partial charge in [-0.25, -0.2) is 19.0 Å². The van der Waals surface area contributed by atoms with Gasteiger partial charge >= 0.3 is 0 Å². The summed E-state index contributed by atoms with van der Waals surface area (Å²) in [5.74, 6) is 0.664. The van der Waals surface area contributed by atoms with Gasteiger partial charge in [0.2, 0.25) is 0 Å². The quantitative estimate of drug-likeness (QED) is 0.587. The Bertz CT molecular complexity index is 1160. The maximum Gasteiger partial charge on any atom is 0.148 e. The lowest BCUT2D eigenvalue weighted by Gasteiger charge is -2.25. The van der Waals surface area contributed by atoms with Gasteiger partial charge < -0.3 is 10.3 Å². The first kappa shape index (κ1) is 16.9. The molecule has 4 aromatic rings. The molecule has 7 nitrogen and oxygen atoms in total. The molecule has 0 radical (unpaired) electrons. The summed E-state index contributed by atoms with van der Waals surface area (Å²) in [4.78, 5) is 8.67. The van der Waals surface area contributed by atoms with Gasteiger partial charge in [-0.1, -0.05) is 23.8 Å². The van der Waals surface area contributed by atoms with Crippen LogP contribution in [0.15, 0.2) is 43.0 Å². The van der Waals surface area contributed by atoms with Crippen LogP contribution in [0.5, 0.6) is 0 Å². The van der Waals surface area contributed by atoms with Crippen molar-refractivity contribution in [2.75, 3.05) is 5.73 Å². The minimum absolute atomic E-state index is 0.133. The van der Waals surface area contributed by atoms with Crippen LogP contribution in [0.1, 0.15) is 49.4 Å². The van der Waals surface area contributed by atoms with E-state index in [4.69, 9.17) is 5.73 Å². The highest BCUT2D eigenvalue weighted by molar-refractivity contribution is 5.90. The van der Waals surface area contributed by atoms with Gasteiger partial charge in [0.15, 0.2) is 0 Å². The molecule has 142 valence electrons. The number of anilines is 1. The third kappa shape index (κ3) is 2.56. The van der Waals surface area contributed by atoms with Crippen LogP contribution in [0, 0.1) is 5.82 Å². The SMILES string of the molecule is C[C@@H](c1cn(-c2ccccc2F)nn1)n1cc(C2CCC2)c2c(N)ncnc21. The summed E-state index contributed by atoms with van der Waals surface area (Å²) in [6.07, 6.45) is 8.91. The van der Waals surface area contributed by atoms with E-state index in [0.717, 1.165) is 29.6 Å². The molecule has 0 aliphatic heterocycles. The van der Waals surface area contributed by atoms with Crippen LogP contribution >= 0.6 is 0 Å². The van der Waals surface area contributed by atoms with Gasteiger partial charge in [-0.2, -0.15) is 0 Å². The average Bonchev–Trinajstić information content (AvgIpc) is 3.27. The van der Waals surface area contributed by atoms with E-state index in [9.17, 15) is 4.39 Å². The molecular formula is C20H20FN7. The Hall–Kier alpha value is -3.29. The highest BCUT2D eigenvalue weighted by Crippen LogP contribution is 2.42. The molecule has 0 bridgehead atoms. The maximum atomic E-state index is 14.1. The Balaban J connectivity index is 1.58. The number of halogens is 1. The first-order valence-electron chi connectivity index (χ1n) is 9.41. The fourth-order valence-corrected chi connectivity index (χ4v) is 3.83. The van der Waals surface area contributed by atoms with Crippen molar-refractivity contribution in [1.82, 2.24) is 29.5 Å². The van der Waals surface area contributed by atoms with E-state index >= 15 is 0 Å². The third-order valence-electron chi connectivity index (χ3n) is 5.67. The van der Waals surface area contributed by atoms with Crippen molar-refractivity contribution in [3.8, 4) is 5.69 Å². The normalized spacial score (nSPS) is 15.6. The summed E-state index contributed by atoms with van der Waals surface area (Å²) in [7, 11) is 0. The highest BCUT2D eigenvalue weighted by atomic mass is 19.1. The highest BCUT2D eigenvalue weighted by Gasteiger charge is 2.27. The molecule has 1 fully saturated rings. The summed E-state index contributed by atoms with van der Waals surface area (Å²) in [5.41, 5.74) is 9.27. The van der Waals surface area contributed by atoms with E-state index in [-0.39, 0.29) is 11.9 Å². The second kappa shape index (κ2) is 6.40. The molecule has 1 aliphatic rings. The number of nitrogens with two attached hydrogens (primary N) is 1. The van der Waals surface area contributed by atoms with Gasteiger partial charge in [0, 0.05) is 6.20 Å². The predicted octanol–water partition coefficient (Wildman–Crippen LogP) is 3.61. The van der Waals surface area contributed by atoms with Crippen LogP contribution in [0.4, 0.5) is 10.2 Å². The summed E-state index contributed by atoms with van der Waals surface area (Å²) < 4.78 is 17.6. The number of benzene rings is 1. The fourth-order valence-electron chi connectivity index (χ4n) is 3.83. The smallest absolute Gasteiger partial charge is 0.148 e. The largest absolute Gasteiger partial charge is 0.383 e. The summed E-state index contributed by atoms with van der Waals surface area (Å²) >= 11 is 0. The van der Waals surface area contributed by atoms with Gasteiger partial charge in [-0.3, -0.25) is 0 Å². The molecule has 3 aromatic heterocycles. The lowest BCUT2D eigenvalue weighted by atomic mass is 9.80. The summed E-state index contributed by atoms with van der Waals surface area (Å²) in [6, 6.07) is 6.37. The monoisotopic (exact) mass is 377 g/mol. The zero-order chi connectivity index (χ0) is 19.3. The molecule has 0 spiro atoms. The molecule has 8 heteroatoms. The minimum Gasteiger partial charge on any atom is -0.383 e. The van der Waals surface area contributed by atoms with E-state index in [1.165, 1.54) is 29.1 Å². The number of aromatic nitrogens is 6. The molecule has 0 saturated heterocycles. The van der Waals surface area contributed by atoms with Crippen molar-refractivity contribution in [2.24, 2.45) is 0 Å². The summed E-state index contributed by atoms with van der Waals surface area (Å²) in [6.45, 7) is 2.03. The number of nitrogen functional groups attached to an aromatic ring is 1. The van der Waals surface area contributed by atoms with Crippen LogP contribution in [-0.4, -0.2) is 29.5 Å². The standard InChI is InChI=1S/C20H20FN7/c1-12(16-10-28(26-25-16)17-8-3-2-7-15(17)21)27-9-14(13-5-4-6-13)18-19(22)23-11-24-20(18)27/h2-3,7-13H,4-6H2,1H3,(H2,22,23,24)/t12-/m0/s1. The van der Waals surface area contributed by atoms with Gasteiger partial charge in [0.25, 0.3) is 0 Å². The number of rotatable bonds is 4. The summed E-state index contributed by atoms with van der Waals surface area (Å²) in [5, 5.41) is 9.33. The zero-order valence-corrected chi connectivity index (χ0v) is 15.5. The van der Waals surface area contributed by atoms with Crippen LogP contribution in [0.3, 0.4) is 0 Å². The van der Waals surface area contributed by atoms with Crippen molar-refractivity contribution in [3.05, 3.63) is 60.1 Å². The van der Waals surface area contributed by atoms with Gasteiger partial charge in [0.1, 0.15) is 35.0 Å². The zero-order valence-electron chi connectivity index (χ0n) is 15.5. The van der Waals surface area contributed by atoms with Crippen LogP contribution < -0.4 is 5.73 Å². The van der Waals surface area contributed by atoms with Crippen molar-refractivity contribution >= 4 is 16.9 Å². The Morgan fingerprint density at radius 1 is 1.18 bits per heavy atom. The Kier molecular flexibility index (Phi) is 3.85. The topological polar surface area (TPSA) is 87.4 Å². The number of hydrogen-bond donors (Lipinski definition) is 1. The lowest BCUT2D eigenvalue weighted by Crippen LogP contribution is -2.09. The van der Waals surface area contributed by atoms with E-state index in [2.05, 4.69) is 31.0 Å². The number of hydrogen-bond acceptors (Lipinski definition) is 5. The van der Waals surface area contributed by atoms with Gasteiger partial charge in [-0.15, -0.1) is 5.10 Å². The van der Waals surface area contributed by atoms with E-state index in [0.29, 0.717) is 17.4 Å². The Morgan fingerprint density at radius 2 is 2.00 bits per heavy atom. The van der Waals surface area contributed by atoms with Crippen molar-refractivity contribution in [3.63, 3.8) is 0 Å². The van der Waals surface area contributed by atoms with Crippen LogP contribution in [-0.2, 0) is 0 Å². The number of nitrogens with zero attached hydrogens (tertiary/aromatic N) is 6.